The lowest BCUT2D eigenvalue weighted by atomic mass is 9.85. The minimum atomic E-state index is -0.699. The molecule has 0 spiro atoms. The standard InChI is InChI=1S/C24H25FN2O3/c1-26-16-23(29)22(28)15-24(30)27-13-5-8-20(27)14-21(17-6-3-2-4-7-17)18-9-11-19(25)12-10-18/h2-4,6-7,9-12,15-16,20-21,28H,5,8,13-14H2,1H3/b22-15-,26-16-/t20-,21-/m1/s1. The van der Waals surface area contributed by atoms with Crippen LogP contribution in [0.5, 0.6) is 0 Å². The summed E-state index contributed by atoms with van der Waals surface area (Å²) in [6.45, 7) is 0.564. The van der Waals surface area contributed by atoms with E-state index < -0.39 is 17.4 Å². The van der Waals surface area contributed by atoms with Gasteiger partial charge in [0.15, 0.2) is 5.76 Å². The van der Waals surface area contributed by atoms with Crippen LogP contribution in [0.15, 0.2) is 71.4 Å². The van der Waals surface area contributed by atoms with Crippen LogP contribution in [0.3, 0.4) is 0 Å². The zero-order chi connectivity index (χ0) is 21.5. The summed E-state index contributed by atoms with van der Waals surface area (Å²) >= 11 is 0. The number of hydrogen-bond donors (Lipinski definition) is 1. The van der Waals surface area contributed by atoms with Crippen molar-refractivity contribution < 1.29 is 19.1 Å². The van der Waals surface area contributed by atoms with Crippen molar-refractivity contribution in [2.45, 2.75) is 31.2 Å². The van der Waals surface area contributed by atoms with Crippen LogP contribution in [0.1, 0.15) is 36.3 Å². The third kappa shape index (κ3) is 5.20. The fraction of sp³-hybridized carbons (Fsp3) is 0.292. The lowest BCUT2D eigenvalue weighted by Crippen LogP contribution is -2.36. The molecule has 0 bridgehead atoms. The summed E-state index contributed by atoms with van der Waals surface area (Å²) < 4.78 is 13.4. The molecule has 156 valence electrons. The fourth-order valence-corrected chi connectivity index (χ4v) is 3.94. The lowest BCUT2D eigenvalue weighted by Gasteiger charge is -2.28. The zero-order valence-electron chi connectivity index (χ0n) is 16.9. The number of likely N-dealkylation sites (tertiary alicyclic amines) is 1. The van der Waals surface area contributed by atoms with E-state index in [9.17, 15) is 19.1 Å². The molecule has 1 amide bonds. The van der Waals surface area contributed by atoms with E-state index in [1.807, 2.05) is 30.3 Å². The Morgan fingerprint density at radius 2 is 1.83 bits per heavy atom. The zero-order valence-corrected chi connectivity index (χ0v) is 16.9. The smallest absolute Gasteiger partial charge is 0.250 e. The topological polar surface area (TPSA) is 70.0 Å². The number of rotatable bonds is 7. The molecule has 2 aromatic carbocycles. The molecule has 1 heterocycles. The van der Waals surface area contributed by atoms with Crippen molar-refractivity contribution in [1.29, 1.82) is 0 Å². The van der Waals surface area contributed by atoms with Crippen molar-refractivity contribution in [3.8, 4) is 0 Å². The van der Waals surface area contributed by atoms with Gasteiger partial charge in [-0.15, -0.1) is 0 Å². The molecule has 0 saturated carbocycles. The molecule has 5 nitrogen and oxygen atoms in total. The van der Waals surface area contributed by atoms with Crippen LogP contribution in [0.4, 0.5) is 4.39 Å². The number of aliphatic imine (C=N–C) groups is 1. The van der Waals surface area contributed by atoms with E-state index in [0.29, 0.717) is 13.0 Å². The number of benzene rings is 2. The summed E-state index contributed by atoms with van der Waals surface area (Å²) in [5, 5.41) is 9.87. The molecular weight excluding hydrogens is 383 g/mol. The Hall–Kier alpha value is -3.28. The van der Waals surface area contributed by atoms with E-state index in [2.05, 4.69) is 4.99 Å². The molecule has 3 rings (SSSR count). The minimum Gasteiger partial charge on any atom is -0.504 e. The normalized spacial score (nSPS) is 18.0. The van der Waals surface area contributed by atoms with Gasteiger partial charge >= 0.3 is 0 Å². The molecule has 30 heavy (non-hydrogen) atoms. The van der Waals surface area contributed by atoms with Gasteiger partial charge in [-0.05, 0) is 42.5 Å². The molecule has 1 aliphatic rings. The SMILES string of the molecule is C/N=C\C(=O)/C(O)=C/C(=O)N1CCC[C@@H]1C[C@H](c1ccccc1)c1ccc(F)cc1. The van der Waals surface area contributed by atoms with Crippen molar-refractivity contribution >= 4 is 17.9 Å². The van der Waals surface area contributed by atoms with Crippen molar-refractivity contribution in [2.75, 3.05) is 13.6 Å². The number of hydrogen-bond acceptors (Lipinski definition) is 4. The Bertz CT molecular complexity index is 939. The van der Waals surface area contributed by atoms with Crippen LogP contribution in [0, 0.1) is 5.82 Å². The molecule has 2 aromatic rings. The predicted octanol–water partition coefficient (Wildman–Crippen LogP) is 4.05. The molecule has 6 heteroatoms. The molecule has 0 radical (unpaired) electrons. The Morgan fingerprint density at radius 1 is 1.17 bits per heavy atom. The van der Waals surface area contributed by atoms with Crippen LogP contribution >= 0.6 is 0 Å². The number of nitrogens with zero attached hydrogens (tertiary/aromatic N) is 2. The van der Waals surface area contributed by atoms with Gasteiger partial charge < -0.3 is 10.0 Å². The average Bonchev–Trinajstić information content (AvgIpc) is 3.22. The second-order valence-electron chi connectivity index (χ2n) is 7.36. The summed E-state index contributed by atoms with van der Waals surface area (Å²) in [5.74, 6) is -2.00. The van der Waals surface area contributed by atoms with Gasteiger partial charge in [-0.25, -0.2) is 4.39 Å². The Kier molecular flexibility index (Phi) is 7.12. The maximum absolute atomic E-state index is 13.4. The van der Waals surface area contributed by atoms with Gasteiger partial charge in [-0.1, -0.05) is 42.5 Å². The third-order valence-corrected chi connectivity index (χ3v) is 5.40. The molecule has 1 aliphatic heterocycles. The number of Topliss-reactive ketones (excluding diaryl/α,β-unsaturated/α-hetero) is 1. The highest BCUT2D eigenvalue weighted by atomic mass is 19.1. The molecule has 1 fully saturated rings. The van der Waals surface area contributed by atoms with Gasteiger partial charge in [0, 0.05) is 31.6 Å². The van der Waals surface area contributed by atoms with Crippen LogP contribution in [0.2, 0.25) is 0 Å². The van der Waals surface area contributed by atoms with Gasteiger partial charge in [0.05, 0.1) is 6.21 Å². The largest absolute Gasteiger partial charge is 0.504 e. The first-order valence-corrected chi connectivity index (χ1v) is 9.97. The number of amides is 1. The highest BCUT2D eigenvalue weighted by Crippen LogP contribution is 2.34. The number of ketones is 1. The molecule has 0 aliphatic carbocycles. The third-order valence-electron chi connectivity index (χ3n) is 5.40. The van der Waals surface area contributed by atoms with Crippen molar-refractivity contribution in [1.82, 2.24) is 4.90 Å². The van der Waals surface area contributed by atoms with E-state index >= 15 is 0 Å². The average molecular weight is 408 g/mol. The monoisotopic (exact) mass is 408 g/mol. The maximum atomic E-state index is 13.4. The van der Waals surface area contributed by atoms with Crippen LogP contribution in [-0.4, -0.2) is 47.5 Å². The molecule has 0 aromatic heterocycles. The summed E-state index contributed by atoms with van der Waals surface area (Å²) in [5.41, 5.74) is 2.07. The first-order chi connectivity index (χ1) is 14.5. The Morgan fingerprint density at radius 3 is 2.50 bits per heavy atom. The van der Waals surface area contributed by atoms with E-state index in [1.165, 1.54) is 19.2 Å². The summed E-state index contributed by atoms with van der Waals surface area (Å²) in [6, 6.07) is 16.3. The number of aliphatic hydroxyl groups is 1. The molecule has 0 unspecified atom stereocenters. The number of allylic oxidation sites excluding steroid dienone is 1. The minimum absolute atomic E-state index is 0.00312. The van der Waals surface area contributed by atoms with Crippen LogP contribution < -0.4 is 0 Å². The van der Waals surface area contributed by atoms with Crippen LogP contribution in [-0.2, 0) is 9.59 Å². The molecule has 2 atom stereocenters. The maximum Gasteiger partial charge on any atom is 0.250 e. The predicted molar refractivity (Wildman–Crippen MR) is 114 cm³/mol. The number of carbonyl (C=O) groups is 2. The number of halogens is 1. The second kappa shape index (κ2) is 9.96. The van der Waals surface area contributed by atoms with Gasteiger partial charge in [0.25, 0.3) is 5.91 Å². The number of carbonyl (C=O) groups excluding carboxylic acids is 2. The number of aliphatic hydroxyl groups excluding tert-OH is 1. The van der Waals surface area contributed by atoms with Crippen molar-refractivity contribution in [3.63, 3.8) is 0 Å². The summed E-state index contributed by atoms with van der Waals surface area (Å²) in [6.07, 6.45) is 4.29. The van der Waals surface area contributed by atoms with Gasteiger partial charge in [-0.2, -0.15) is 0 Å². The van der Waals surface area contributed by atoms with E-state index in [4.69, 9.17) is 0 Å². The van der Waals surface area contributed by atoms with Gasteiger partial charge in [0.2, 0.25) is 5.78 Å². The van der Waals surface area contributed by atoms with Crippen molar-refractivity contribution in [3.05, 3.63) is 83.4 Å². The Labute approximate surface area is 175 Å². The quantitative estimate of drug-likeness (QED) is 0.427. The van der Waals surface area contributed by atoms with Crippen molar-refractivity contribution in [2.24, 2.45) is 4.99 Å². The first-order valence-electron chi connectivity index (χ1n) is 9.97. The summed E-state index contributed by atoms with van der Waals surface area (Å²) in [4.78, 5) is 29.7. The summed E-state index contributed by atoms with van der Waals surface area (Å²) in [7, 11) is 1.42. The Balaban J connectivity index is 1.83. The van der Waals surface area contributed by atoms with Crippen LogP contribution in [0.25, 0.3) is 0 Å². The second-order valence-corrected chi connectivity index (χ2v) is 7.36. The van der Waals surface area contributed by atoms with E-state index in [1.54, 1.807) is 17.0 Å². The fourth-order valence-electron chi connectivity index (χ4n) is 3.94. The molecule has 1 saturated heterocycles. The lowest BCUT2D eigenvalue weighted by molar-refractivity contribution is -0.127. The highest BCUT2D eigenvalue weighted by molar-refractivity contribution is 6.34. The molecule has 1 N–H and O–H groups in total. The van der Waals surface area contributed by atoms with Gasteiger partial charge in [-0.3, -0.25) is 14.6 Å². The van der Waals surface area contributed by atoms with E-state index in [-0.39, 0.29) is 17.8 Å². The first kappa shape index (κ1) is 21.4. The van der Waals surface area contributed by atoms with Gasteiger partial charge in [0.1, 0.15) is 5.82 Å². The highest BCUT2D eigenvalue weighted by Gasteiger charge is 2.31. The molecular formula is C24H25FN2O3. The van der Waals surface area contributed by atoms with E-state index in [0.717, 1.165) is 36.3 Å².